The fourth-order valence-corrected chi connectivity index (χ4v) is 3.43. The van der Waals surface area contributed by atoms with Gasteiger partial charge in [0, 0.05) is 19.0 Å². The Balaban J connectivity index is 1.45. The zero-order chi connectivity index (χ0) is 20.0. The molecule has 1 heterocycles. The normalized spacial score (nSPS) is 11.9. The van der Waals surface area contributed by atoms with Crippen molar-refractivity contribution in [2.24, 2.45) is 0 Å². The average molecular weight is 398 g/mol. The van der Waals surface area contributed by atoms with Gasteiger partial charge in [-0.2, -0.15) is 0 Å². The summed E-state index contributed by atoms with van der Waals surface area (Å²) in [6.45, 7) is 0.541. The highest BCUT2D eigenvalue weighted by molar-refractivity contribution is 7.89. The van der Waals surface area contributed by atoms with E-state index in [4.69, 9.17) is 0 Å². The first-order chi connectivity index (χ1) is 13.5. The van der Waals surface area contributed by atoms with Crippen LogP contribution >= 0.6 is 0 Å². The molecule has 28 heavy (non-hydrogen) atoms. The summed E-state index contributed by atoms with van der Waals surface area (Å²) in [5, 5.41) is 2.83. The first-order valence-corrected chi connectivity index (χ1v) is 10.4. The molecule has 0 bridgehead atoms. The summed E-state index contributed by atoms with van der Waals surface area (Å²) < 4.78 is 25.6. The van der Waals surface area contributed by atoms with E-state index in [9.17, 15) is 13.2 Å². The molecule has 0 unspecified atom stereocenters. The molecule has 0 aliphatic heterocycles. The predicted molar refractivity (Wildman–Crippen MR) is 109 cm³/mol. The zero-order valence-corrected chi connectivity index (χ0v) is 16.3. The van der Waals surface area contributed by atoms with Crippen molar-refractivity contribution >= 4 is 33.0 Å². The molecule has 1 amide bonds. The van der Waals surface area contributed by atoms with Crippen molar-refractivity contribution in [2.45, 2.75) is 17.7 Å². The van der Waals surface area contributed by atoms with Crippen LogP contribution in [0, 0.1) is 0 Å². The summed E-state index contributed by atoms with van der Waals surface area (Å²) in [6.07, 6.45) is 4.60. The van der Waals surface area contributed by atoms with Crippen molar-refractivity contribution in [3.05, 3.63) is 66.0 Å². The van der Waals surface area contributed by atoms with Gasteiger partial charge in [-0.1, -0.05) is 24.3 Å². The fourth-order valence-electron chi connectivity index (χ4n) is 2.70. The van der Waals surface area contributed by atoms with Gasteiger partial charge in [-0.05, 0) is 49.4 Å². The molecule has 0 saturated carbocycles. The van der Waals surface area contributed by atoms with Gasteiger partial charge in [0.1, 0.15) is 5.82 Å². The second-order valence-corrected chi connectivity index (χ2v) is 8.09. The van der Waals surface area contributed by atoms with E-state index < -0.39 is 10.0 Å². The molecule has 0 saturated heterocycles. The molecule has 7 nitrogen and oxygen atoms in total. The van der Waals surface area contributed by atoms with Crippen LogP contribution in [0.5, 0.6) is 0 Å². The van der Waals surface area contributed by atoms with Crippen molar-refractivity contribution < 1.29 is 13.2 Å². The minimum atomic E-state index is -3.45. The lowest BCUT2D eigenvalue weighted by molar-refractivity contribution is -0.116. The van der Waals surface area contributed by atoms with Crippen molar-refractivity contribution in [3.8, 4) is 0 Å². The summed E-state index contributed by atoms with van der Waals surface area (Å²) in [4.78, 5) is 19.9. The molecule has 8 heteroatoms. The van der Waals surface area contributed by atoms with Gasteiger partial charge in [-0.3, -0.25) is 4.79 Å². The molecule has 0 radical (unpaired) electrons. The lowest BCUT2D eigenvalue weighted by atomic mass is 10.2. The van der Waals surface area contributed by atoms with Crippen LogP contribution in [-0.4, -0.2) is 37.9 Å². The summed E-state index contributed by atoms with van der Waals surface area (Å²) >= 11 is 0. The molecule has 3 rings (SSSR count). The van der Waals surface area contributed by atoms with Crippen LogP contribution in [0.1, 0.15) is 17.8 Å². The molecule has 0 atom stereocenters. The van der Waals surface area contributed by atoms with Gasteiger partial charge in [-0.25, -0.2) is 18.1 Å². The third-order valence-electron chi connectivity index (χ3n) is 4.21. The quantitative estimate of drug-likeness (QED) is 0.400. The van der Waals surface area contributed by atoms with Gasteiger partial charge < -0.3 is 10.3 Å². The number of sulfonamides is 1. The molecule has 2 aromatic carbocycles. The summed E-state index contributed by atoms with van der Waals surface area (Å²) in [5.74, 6) is 0.708. The number of para-hydroxylation sites is 2. The second kappa shape index (κ2) is 8.81. The smallest absolute Gasteiger partial charge is 0.243 e. The number of aromatic nitrogens is 2. The Bertz CT molecular complexity index is 1050. The van der Waals surface area contributed by atoms with Gasteiger partial charge in [-0.15, -0.1) is 0 Å². The largest absolute Gasteiger partial charge is 0.353 e. The van der Waals surface area contributed by atoms with E-state index in [-0.39, 0.29) is 10.8 Å². The van der Waals surface area contributed by atoms with E-state index >= 15 is 0 Å². The molecule has 0 aliphatic carbocycles. The fraction of sp³-hybridized carbons (Fsp3) is 0.200. The van der Waals surface area contributed by atoms with E-state index in [2.05, 4.69) is 20.0 Å². The Hall–Kier alpha value is -2.97. The summed E-state index contributed by atoms with van der Waals surface area (Å²) in [6, 6.07) is 14.1. The highest BCUT2D eigenvalue weighted by atomic mass is 32.2. The summed E-state index contributed by atoms with van der Waals surface area (Å²) in [5.41, 5.74) is 2.70. The van der Waals surface area contributed by atoms with E-state index in [1.807, 2.05) is 24.3 Å². The number of imidazole rings is 1. The first kappa shape index (κ1) is 19.8. The Morgan fingerprint density at radius 1 is 1.14 bits per heavy atom. The number of H-pyrrole nitrogens is 1. The van der Waals surface area contributed by atoms with Crippen LogP contribution in [0.15, 0.2) is 59.5 Å². The molecule has 3 aromatic rings. The number of benzene rings is 2. The number of aromatic amines is 1. The van der Waals surface area contributed by atoms with Crippen LogP contribution in [0.25, 0.3) is 17.1 Å². The van der Waals surface area contributed by atoms with Crippen molar-refractivity contribution in [1.82, 2.24) is 20.0 Å². The SMILES string of the molecule is CNS(=O)(=O)c1ccc(/C=C/C(=O)NCCCc2nc3ccccc3[nH]2)cc1. The minimum absolute atomic E-state index is 0.183. The monoisotopic (exact) mass is 398 g/mol. The Labute approximate surface area is 163 Å². The standard InChI is InChI=1S/C20H22N4O3S/c1-21-28(26,27)16-11-8-15(9-12-16)10-13-20(25)22-14-4-7-19-23-17-5-2-3-6-18(17)24-19/h2-3,5-6,8-13,21H,4,7,14H2,1H3,(H,22,25)(H,23,24)/b13-10+. The number of nitrogens with zero attached hydrogens (tertiary/aromatic N) is 1. The number of hydrogen-bond donors (Lipinski definition) is 3. The zero-order valence-electron chi connectivity index (χ0n) is 15.5. The highest BCUT2D eigenvalue weighted by Gasteiger charge is 2.09. The maximum atomic E-state index is 11.9. The number of aryl methyl sites for hydroxylation is 1. The van der Waals surface area contributed by atoms with Crippen LogP contribution < -0.4 is 10.0 Å². The maximum Gasteiger partial charge on any atom is 0.243 e. The third kappa shape index (κ3) is 5.05. The van der Waals surface area contributed by atoms with Crippen molar-refractivity contribution in [1.29, 1.82) is 0 Å². The minimum Gasteiger partial charge on any atom is -0.353 e. The first-order valence-electron chi connectivity index (χ1n) is 8.91. The number of fused-ring (bicyclic) bond motifs is 1. The van der Waals surface area contributed by atoms with Crippen LogP contribution in [0.4, 0.5) is 0 Å². The van der Waals surface area contributed by atoms with Crippen LogP contribution in [-0.2, 0) is 21.2 Å². The number of rotatable bonds is 8. The second-order valence-electron chi connectivity index (χ2n) is 6.21. The number of amides is 1. The third-order valence-corrected chi connectivity index (χ3v) is 5.64. The van der Waals surface area contributed by atoms with Gasteiger partial charge in [0.15, 0.2) is 0 Å². The molecular formula is C20H22N4O3S. The van der Waals surface area contributed by atoms with Gasteiger partial charge >= 0.3 is 0 Å². The van der Waals surface area contributed by atoms with Gasteiger partial charge in [0.2, 0.25) is 15.9 Å². The van der Waals surface area contributed by atoms with Crippen molar-refractivity contribution in [3.63, 3.8) is 0 Å². The van der Waals surface area contributed by atoms with Crippen LogP contribution in [0.2, 0.25) is 0 Å². The lowest BCUT2D eigenvalue weighted by Crippen LogP contribution is -2.22. The molecule has 146 valence electrons. The molecule has 3 N–H and O–H groups in total. The predicted octanol–water partition coefficient (Wildman–Crippen LogP) is 2.23. The highest BCUT2D eigenvalue weighted by Crippen LogP contribution is 2.12. The number of hydrogen-bond acceptors (Lipinski definition) is 4. The van der Waals surface area contributed by atoms with E-state index in [0.29, 0.717) is 6.54 Å². The van der Waals surface area contributed by atoms with Crippen molar-refractivity contribution in [2.75, 3.05) is 13.6 Å². The molecule has 0 aliphatic rings. The maximum absolute atomic E-state index is 11.9. The topological polar surface area (TPSA) is 104 Å². The number of carbonyl (C=O) groups excluding carboxylic acids is 1. The van der Waals surface area contributed by atoms with Gasteiger partial charge in [0.05, 0.1) is 15.9 Å². The van der Waals surface area contributed by atoms with E-state index in [1.54, 1.807) is 18.2 Å². The molecule has 1 aromatic heterocycles. The molecule has 0 fully saturated rings. The van der Waals surface area contributed by atoms with E-state index in [1.165, 1.54) is 25.3 Å². The molecule has 0 spiro atoms. The van der Waals surface area contributed by atoms with Gasteiger partial charge in [0.25, 0.3) is 0 Å². The number of carbonyl (C=O) groups is 1. The Morgan fingerprint density at radius 3 is 2.61 bits per heavy atom. The van der Waals surface area contributed by atoms with E-state index in [0.717, 1.165) is 35.3 Å². The summed E-state index contributed by atoms with van der Waals surface area (Å²) in [7, 11) is -2.09. The Kier molecular flexibility index (Phi) is 6.23. The van der Waals surface area contributed by atoms with Crippen LogP contribution in [0.3, 0.4) is 0 Å². The Morgan fingerprint density at radius 2 is 1.89 bits per heavy atom. The number of nitrogens with one attached hydrogen (secondary N) is 3. The molecular weight excluding hydrogens is 376 g/mol. The average Bonchev–Trinajstić information content (AvgIpc) is 3.13. The lowest BCUT2D eigenvalue weighted by Gasteiger charge is -2.03.